The third-order valence-electron chi connectivity index (χ3n) is 6.16. The first-order chi connectivity index (χ1) is 13.5. The number of fused-ring (bicyclic) bond motifs is 3. The Hall–Kier alpha value is -2.57. The maximum Gasteiger partial charge on any atom is 0.338 e. The second kappa shape index (κ2) is 7.45. The highest BCUT2D eigenvalue weighted by Gasteiger charge is 2.36. The van der Waals surface area contributed by atoms with Crippen LogP contribution in [-0.4, -0.2) is 54.0 Å². The molecule has 0 aliphatic carbocycles. The van der Waals surface area contributed by atoms with E-state index in [9.17, 15) is 14.4 Å². The molecule has 4 rings (SSSR count). The molecule has 1 aromatic carbocycles. The Kier molecular flexibility index (Phi) is 5.00. The lowest BCUT2D eigenvalue weighted by Crippen LogP contribution is -2.49. The van der Waals surface area contributed by atoms with Gasteiger partial charge < -0.3 is 19.9 Å². The molecule has 0 aromatic heterocycles. The van der Waals surface area contributed by atoms with Crippen molar-refractivity contribution in [2.45, 2.75) is 64.1 Å². The minimum atomic E-state index is -0.550. The van der Waals surface area contributed by atoms with Gasteiger partial charge in [-0.25, -0.2) is 4.79 Å². The first kappa shape index (κ1) is 18.8. The van der Waals surface area contributed by atoms with Crippen LogP contribution in [0.15, 0.2) is 18.2 Å². The summed E-state index contributed by atoms with van der Waals surface area (Å²) in [4.78, 5) is 41.2. The van der Waals surface area contributed by atoms with Gasteiger partial charge in [0.1, 0.15) is 6.04 Å². The Morgan fingerprint density at radius 3 is 2.64 bits per heavy atom. The number of carbonyl (C=O) groups excluding carboxylic acids is 3. The number of esters is 1. The van der Waals surface area contributed by atoms with E-state index in [0.717, 1.165) is 44.3 Å². The molecule has 0 radical (unpaired) electrons. The SMILES string of the molecule is C[C@H]1CCC[C@H](C)N1C(=O)COC(=O)c1ccc2c(c1)NC(=O)[C@H]1CCCN21. The molecular weight excluding hydrogens is 358 g/mol. The molecule has 1 N–H and O–H groups in total. The third-order valence-corrected chi connectivity index (χ3v) is 6.16. The van der Waals surface area contributed by atoms with Gasteiger partial charge in [0.15, 0.2) is 6.61 Å². The predicted octanol–water partition coefficient (Wildman–Crippen LogP) is 2.55. The van der Waals surface area contributed by atoms with Gasteiger partial charge in [-0.05, 0) is 64.2 Å². The third kappa shape index (κ3) is 3.34. The molecule has 2 amide bonds. The van der Waals surface area contributed by atoms with Crippen molar-refractivity contribution in [3.63, 3.8) is 0 Å². The smallest absolute Gasteiger partial charge is 0.338 e. The van der Waals surface area contributed by atoms with Gasteiger partial charge in [-0.15, -0.1) is 0 Å². The summed E-state index contributed by atoms with van der Waals surface area (Å²) >= 11 is 0. The number of rotatable bonds is 3. The molecule has 0 spiro atoms. The van der Waals surface area contributed by atoms with Gasteiger partial charge >= 0.3 is 5.97 Å². The number of piperidine rings is 1. The maximum absolute atomic E-state index is 12.5. The minimum absolute atomic E-state index is 0.0289. The Labute approximate surface area is 165 Å². The number of nitrogens with one attached hydrogen (secondary N) is 1. The first-order valence-corrected chi connectivity index (χ1v) is 10.2. The molecule has 150 valence electrons. The Morgan fingerprint density at radius 2 is 1.89 bits per heavy atom. The summed E-state index contributed by atoms with van der Waals surface area (Å²) in [6, 6.07) is 5.41. The fraction of sp³-hybridized carbons (Fsp3) is 0.571. The van der Waals surface area contributed by atoms with Crippen molar-refractivity contribution in [2.75, 3.05) is 23.4 Å². The number of amides is 2. The number of likely N-dealkylation sites (tertiary alicyclic amines) is 1. The van der Waals surface area contributed by atoms with E-state index in [1.165, 1.54) is 0 Å². The van der Waals surface area contributed by atoms with Crippen LogP contribution >= 0.6 is 0 Å². The van der Waals surface area contributed by atoms with Gasteiger partial charge in [0.05, 0.1) is 16.9 Å². The average molecular weight is 385 g/mol. The van der Waals surface area contributed by atoms with Crippen molar-refractivity contribution in [3.05, 3.63) is 23.8 Å². The molecule has 7 nitrogen and oxygen atoms in total. The number of hydrogen-bond acceptors (Lipinski definition) is 5. The monoisotopic (exact) mass is 385 g/mol. The van der Waals surface area contributed by atoms with E-state index in [0.29, 0.717) is 11.3 Å². The molecule has 3 aliphatic rings. The summed E-state index contributed by atoms with van der Waals surface area (Å²) in [6.45, 7) is 4.65. The van der Waals surface area contributed by atoms with E-state index >= 15 is 0 Å². The normalized spacial score (nSPS) is 26.4. The van der Waals surface area contributed by atoms with Gasteiger partial charge in [0.25, 0.3) is 5.91 Å². The lowest BCUT2D eigenvalue weighted by Gasteiger charge is -2.38. The van der Waals surface area contributed by atoms with E-state index < -0.39 is 5.97 Å². The molecule has 1 aromatic rings. The van der Waals surface area contributed by atoms with Crippen LogP contribution in [-0.2, 0) is 14.3 Å². The van der Waals surface area contributed by atoms with Crippen molar-refractivity contribution in [1.29, 1.82) is 0 Å². The van der Waals surface area contributed by atoms with E-state index in [2.05, 4.69) is 10.2 Å². The van der Waals surface area contributed by atoms with Crippen molar-refractivity contribution in [3.8, 4) is 0 Å². The van der Waals surface area contributed by atoms with Crippen LogP contribution in [0.5, 0.6) is 0 Å². The number of hydrogen-bond donors (Lipinski definition) is 1. The molecular formula is C21H27N3O4. The fourth-order valence-electron chi connectivity index (χ4n) is 4.76. The lowest BCUT2D eigenvalue weighted by atomic mass is 9.97. The lowest BCUT2D eigenvalue weighted by molar-refractivity contribution is -0.140. The van der Waals surface area contributed by atoms with E-state index in [4.69, 9.17) is 4.74 Å². The standard InChI is InChI=1S/C21H27N3O4/c1-13-5-3-6-14(2)24(13)19(25)12-28-21(27)15-8-9-17-16(11-15)22-20(26)18-7-4-10-23(17)18/h8-9,11,13-14,18H,3-7,10,12H2,1-2H3,(H,22,26)/t13-,14-,18+/m0/s1. The fourth-order valence-corrected chi connectivity index (χ4v) is 4.76. The quantitative estimate of drug-likeness (QED) is 0.809. The van der Waals surface area contributed by atoms with E-state index in [1.807, 2.05) is 24.8 Å². The number of carbonyl (C=O) groups is 3. The molecule has 3 atom stereocenters. The van der Waals surface area contributed by atoms with Crippen LogP contribution < -0.4 is 10.2 Å². The number of ether oxygens (including phenoxy) is 1. The van der Waals surface area contributed by atoms with Gasteiger partial charge in [0.2, 0.25) is 5.91 Å². The van der Waals surface area contributed by atoms with Crippen molar-refractivity contribution in [1.82, 2.24) is 4.90 Å². The van der Waals surface area contributed by atoms with Gasteiger partial charge in [-0.2, -0.15) is 0 Å². The molecule has 0 unspecified atom stereocenters. The van der Waals surface area contributed by atoms with Gasteiger partial charge in [-0.1, -0.05) is 0 Å². The Balaban J connectivity index is 1.42. The van der Waals surface area contributed by atoms with Crippen LogP contribution in [0.1, 0.15) is 56.3 Å². The Bertz CT molecular complexity index is 799. The molecule has 7 heteroatoms. The van der Waals surface area contributed by atoms with Crippen LogP contribution in [0.3, 0.4) is 0 Å². The second-order valence-corrected chi connectivity index (χ2v) is 8.08. The number of anilines is 2. The minimum Gasteiger partial charge on any atom is -0.452 e. The van der Waals surface area contributed by atoms with Crippen LogP contribution in [0, 0.1) is 0 Å². The maximum atomic E-state index is 12.5. The highest BCUT2D eigenvalue weighted by atomic mass is 16.5. The van der Waals surface area contributed by atoms with Crippen molar-refractivity contribution >= 4 is 29.2 Å². The highest BCUT2D eigenvalue weighted by molar-refractivity contribution is 6.05. The van der Waals surface area contributed by atoms with Crippen LogP contribution in [0.2, 0.25) is 0 Å². The summed E-state index contributed by atoms with van der Waals surface area (Å²) < 4.78 is 5.29. The second-order valence-electron chi connectivity index (χ2n) is 8.08. The molecule has 0 bridgehead atoms. The molecule has 0 saturated carbocycles. The van der Waals surface area contributed by atoms with Crippen LogP contribution in [0.25, 0.3) is 0 Å². The van der Waals surface area contributed by atoms with Crippen molar-refractivity contribution < 1.29 is 19.1 Å². The summed E-state index contributed by atoms with van der Waals surface area (Å²) in [6.07, 6.45) is 4.91. The number of nitrogens with zero attached hydrogens (tertiary/aromatic N) is 2. The van der Waals surface area contributed by atoms with Crippen LogP contribution in [0.4, 0.5) is 11.4 Å². The zero-order valence-electron chi connectivity index (χ0n) is 16.4. The zero-order valence-corrected chi connectivity index (χ0v) is 16.4. The predicted molar refractivity (Wildman–Crippen MR) is 105 cm³/mol. The topological polar surface area (TPSA) is 79.0 Å². The Morgan fingerprint density at radius 1 is 1.14 bits per heavy atom. The molecule has 3 aliphatic heterocycles. The summed E-state index contributed by atoms with van der Waals surface area (Å²) in [7, 11) is 0. The summed E-state index contributed by atoms with van der Waals surface area (Å²) in [5.41, 5.74) is 1.90. The summed E-state index contributed by atoms with van der Waals surface area (Å²) in [5, 5.41) is 2.89. The molecule has 2 fully saturated rings. The molecule has 3 heterocycles. The van der Waals surface area contributed by atoms with Gasteiger partial charge in [-0.3, -0.25) is 9.59 Å². The van der Waals surface area contributed by atoms with E-state index in [1.54, 1.807) is 12.1 Å². The average Bonchev–Trinajstić information content (AvgIpc) is 3.16. The highest BCUT2D eigenvalue weighted by Crippen LogP contribution is 2.37. The number of benzene rings is 1. The largest absolute Gasteiger partial charge is 0.452 e. The first-order valence-electron chi connectivity index (χ1n) is 10.2. The summed E-state index contributed by atoms with van der Waals surface area (Å²) in [5.74, 6) is -0.732. The molecule has 2 saturated heterocycles. The zero-order chi connectivity index (χ0) is 19.8. The van der Waals surface area contributed by atoms with Gasteiger partial charge in [0, 0.05) is 18.6 Å². The molecule has 28 heavy (non-hydrogen) atoms. The van der Waals surface area contributed by atoms with Crippen molar-refractivity contribution in [2.24, 2.45) is 0 Å². The van der Waals surface area contributed by atoms with E-state index in [-0.39, 0.29) is 36.5 Å².